The van der Waals surface area contributed by atoms with Crippen LogP contribution in [0.3, 0.4) is 0 Å². The number of nitrogens with one attached hydrogen (secondary N) is 1. The summed E-state index contributed by atoms with van der Waals surface area (Å²) < 4.78 is 25.1. The van der Waals surface area contributed by atoms with Gasteiger partial charge in [0, 0.05) is 24.0 Å². The van der Waals surface area contributed by atoms with Gasteiger partial charge in [0.25, 0.3) is 0 Å². The second kappa shape index (κ2) is 9.76. The molecule has 0 radical (unpaired) electrons. The van der Waals surface area contributed by atoms with Crippen LogP contribution >= 0.6 is 11.8 Å². The molecule has 2 rings (SSSR count). The van der Waals surface area contributed by atoms with Crippen molar-refractivity contribution >= 4 is 27.5 Å². The van der Waals surface area contributed by atoms with Crippen molar-refractivity contribution in [2.75, 3.05) is 25.4 Å². The van der Waals surface area contributed by atoms with Gasteiger partial charge in [-0.25, -0.2) is 8.42 Å². The predicted molar refractivity (Wildman–Crippen MR) is 107 cm³/mol. The van der Waals surface area contributed by atoms with Crippen molar-refractivity contribution in [3.8, 4) is 0 Å². The van der Waals surface area contributed by atoms with Gasteiger partial charge in [-0.1, -0.05) is 26.0 Å². The van der Waals surface area contributed by atoms with Crippen LogP contribution in [0.1, 0.15) is 40.0 Å². The van der Waals surface area contributed by atoms with E-state index in [1.165, 1.54) is 11.8 Å². The summed E-state index contributed by atoms with van der Waals surface area (Å²) in [6, 6.07) is 7.26. The predicted octanol–water partition coefficient (Wildman–Crippen LogP) is 2.95. The average Bonchev–Trinajstić information content (AvgIpc) is 3.13. The van der Waals surface area contributed by atoms with Gasteiger partial charge in [0.2, 0.25) is 5.91 Å². The highest BCUT2D eigenvalue weighted by molar-refractivity contribution is 8.01. The smallest absolute Gasteiger partial charge is 0.236 e. The summed E-state index contributed by atoms with van der Waals surface area (Å²) in [5.41, 5.74) is 0. The molecule has 0 aromatic heterocycles. The molecular weight excluding hydrogens is 368 g/mol. The molecule has 5 nitrogen and oxygen atoms in total. The van der Waals surface area contributed by atoms with Gasteiger partial charge in [0.05, 0.1) is 15.9 Å². The Morgan fingerprint density at radius 2 is 2.04 bits per heavy atom. The first-order valence-electron chi connectivity index (χ1n) is 9.40. The molecule has 1 aliphatic rings. The summed E-state index contributed by atoms with van der Waals surface area (Å²) in [7, 11) is -3.31. The third-order valence-corrected chi connectivity index (χ3v) is 7.80. The Balaban J connectivity index is 2.18. The van der Waals surface area contributed by atoms with E-state index in [1.807, 2.05) is 24.8 Å². The second-order valence-electron chi connectivity index (χ2n) is 6.70. The Morgan fingerprint density at radius 3 is 2.65 bits per heavy atom. The van der Waals surface area contributed by atoms with Gasteiger partial charge in [0.15, 0.2) is 9.84 Å². The molecule has 0 spiro atoms. The van der Waals surface area contributed by atoms with Crippen molar-refractivity contribution in [1.29, 1.82) is 0 Å². The molecule has 7 heteroatoms. The molecule has 1 aromatic rings. The van der Waals surface area contributed by atoms with E-state index in [0.29, 0.717) is 16.2 Å². The maximum absolute atomic E-state index is 13.0. The Morgan fingerprint density at radius 1 is 1.31 bits per heavy atom. The highest BCUT2D eigenvalue weighted by Gasteiger charge is 2.30. The van der Waals surface area contributed by atoms with Crippen LogP contribution < -0.4 is 5.32 Å². The van der Waals surface area contributed by atoms with Crippen LogP contribution in [0.4, 0.5) is 0 Å². The van der Waals surface area contributed by atoms with E-state index >= 15 is 0 Å². The first kappa shape index (κ1) is 21.3. The van der Waals surface area contributed by atoms with E-state index in [1.54, 1.807) is 18.2 Å². The zero-order valence-corrected chi connectivity index (χ0v) is 17.5. The van der Waals surface area contributed by atoms with Gasteiger partial charge in [-0.3, -0.25) is 4.79 Å². The molecule has 0 aliphatic carbocycles. The summed E-state index contributed by atoms with van der Waals surface area (Å²) in [5.74, 6) is 0.219. The van der Waals surface area contributed by atoms with E-state index in [-0.39, 0.29) is 23.0 Å². The highest BCUT2D eigenvalue weighted by atomic mass is 32.2. The van der Waals surface area contributed by atoms with Gasteiger partial charge in [-0.05, 0) is 44.9 Å². The van der Waals surface area contributed by atoms with Gasteiger partial charge in [-0.15, -0.1) is 11.8 Å². The Hall–Kier alpha value is -1.05. The van der Waals surface area contributed by atoms with Crippen molar-refractivity contribution in [3.63, 3.8) is 0 Å². The average molecular weight is 399 g/mol. The molecule has 1 aliphatic heterocycles. The minimum Gasteiger partial charge on any atom is -0.337 e. The van der Waals surface area contributed by atoms with Crippen molar-refractivity contribution in [1.82, 2.24) is 10.2 Å². The number of benzene rings is 1. The van der Waals surface area contributed by atoms with Crippen molar-refractivity contribution in [2.45, 2.75) is 61.1 Å². The number of thioether (sulfide) groups is 1. The minimum absolute atomic E-state index is 0.0910. The van der Waals surface area contributed by atoms with Crippen LogP contribution in [0.5, 0.6) is 0 Å². The third-order valence-electron chi connectivity index (χ3n) is 4.53. The number of rotatable bonds is 9. The van der Waals surface area contributed by atoms with Crippen LogP contribution in [0.2, 0.25) is 0 Å². The molecule has 146 valence electrons. The summed E-state index contributed by atoms with van der Waals surface area (Å²) in [6.07, 6.45) is 2.47. The lowest BCUT2D eigenvalue weighted by molar-refractivity contribution is -0.132. The quantitative estimate of drug-likeness (QED) is 0.648. The summed E-state index contributed by atoms with van der Waals surface area (Å²) >= 11 is 1.35. The lowest BCUT2D eigenvalue weighted by atomic mass is 10.2. The lowest BCUT2D eigenvalue weighted by Crippen LogP contribution is -2.45. The van der Waals surface area contributed by atoms with E-state index in [2.05, 4.69) is 12.2 Å². The van der Waals surface area contributed by atoms with Gasteiger partial charge < -0.3 is 10.2 Å². The summed E-state index contributed by atoms with van der Waals surface area (Å²) in [5, 5.41) is 3.00. The molecule has 1 fully saturated rings. The molecule has 26 heavy (non-hydrogen) atoms. The standard InChI is InChI=1S/C19H30N2O3S2/c1-4-12-21(16-10-11-20-14-16)19(22)15(3)25-17-8-6-7-9-18(17)26(23,24)13-5-2/h6-9,15-16,20H,4-5,10-14H2,1-3H3. The Labute approximate surface area is 161 Å². The maximum atomic E-state index is 13.0. The SMILES string of the molecule is CCCN(C(=O)C(C)Sc1ccccc1S(=O)(=O)CCC)C1CCNC1. The molecule has 1 saturated heterocycles. The van der Waals surface area contributed by atoms with E-state index in [0.717, 1.165) is 32.5 Å². The number of hydrogen-bond acceptors (Lipinski definition) is 5. The number of carbonyl (C=O) groups is 1. The van der Waals surface area contributed by atoms with Crippen LogP contribution in [0.15, 0.2) is 34.1 Å². The largest absolute Gasteiger partial charge is 0.337 e. The number of sulfone groups is 1. The number of hydrogen-bond donors (Lipinski definition) is 1. The lowest BCUT2D eigenvalue weighted by Gasteiger charge is -2.30. The molecule has 0 saturated carbocycles. The molecule has 0 bridgehead atoms. The second-order valence-corrected chi connectivity index (χ2v) is 10.2. The maximum Gasteiger partial charge on any atom is 0.236 e. The first-order chi connectivity index (χ1) is 12.4. The van der Waals surface area contributed by atoms with Gasteiger partial charge >= 0.3 is 0 Å². The van der Waals surface area contributed by atoms with E-state index < -0.39 is 9.84 Å². The molecule has 1 aromatic carbocycles. The Bertz CT molecular complexity index is 700. The zero-order chi connectivity index (χ0) is 19.2. The summed E-state index contributed by atoms with van der Waals surface area (Å²) in [4.78, 5) is 16.0. The first-order valence-corrected chi connectivity index (χ1v) is 11.9. The molecule has 1 amide bonds. The minimum atomic E-state index is -3.31. The normalized spacial score (nSPS) is 18.7. The van der Waals surface area contributed by atoms with Gasteiger partial charge in [-0.2, -0.15) is 0 Å². The topological polar surface area (TPSA) is 66.5 Å². The van der Waals surface area contributed by atoms with Crippen LogP contribution in [-0.4, -0.2) is 55.9 Å². The third kappa shape index (κ3) is 5.24. The van der Waals surface area contributed by atoms with Crippen molar-refractivity contribution < 1.29 is 13.2 Å². The monoisotopic (exact) mass is 398 g/mol. The molecule has 1 heterocycles. The van der Waals surface area contributed by atoms with E-state index in [4.69, 9.17) is 0 Å². The zero-order valence-electron chi connectivity index (χ0n) is 15.9. The van der Waals surface area contributed by atoms with Crippen LogP contribution in [-0.2, 0) is 14.6 Å². The summed E-state index contributed by atoms with van der Waals surface area (Å²) in [6.45, 7) is 8.33. The number of nitrogens with zero attached hydrogens (tertiary/aromatic N) is 1. The van der Waals surface area contributed by atoms with E-state index in [9.17, 15) is 13.2 Å². The molecular formula is C19H30N2O3S2. The number of carbonyl (C=O) groups excluding carboxylic acids is 1. The van der Waals surface area contributed by atoms with Crippen LogP contribution in [0, 0.1) is 0 Å². The molecule has 2 unspecified atom stereocenters. The number of amides is 1. The molecule has 2 atom stereocenters. The van der Waals surface area contributed by atoms with Crippen LogP contribution in [0.25, 0.3) is 0 Å². The fourth-order valence-corrected chi connectivity index (χ4v) is 6.18. The van der Waals surface area contributed by atoms with Crippen molar-refractivity contribution in [3.05, 3.63) is 24.3 Å². The molecule has 1 N–H and O–H groups in total. The Kier molecular flexibility index (Phi) is 7.98. The van der Waals surface area contributed by atoms with Crippen molar-refractivity contribution in [2.24, 2.45) is 0 Å². The van der Waals surface area contributed by atoms with Gasteiger partial charge in [0.1, 0.15) is 0 Å². The highest BCUT2D eigenvalue weighted by Crippen LogP contribution is 2.32. The fourth-order valence-electron chi connectivity index (χ4n) is 3.28. The fraction of sp³-hybridized carbons (Fsp3) is 0.632.